The maximum absolute atomic E-state index is 9.68. The van der Waals surface area contributed by atoms with Gasteiger partial charge in [-0.05, 0) is 30.7 Å². The molecule has 2 N–H and O–H groups in total. The van der Waals surface area contributed by atoms with Crippen LogP contribution in [0, 0.1) is 0 Å². The third kappa shape index (κ3) is 4.18. The van der Waals surface area contributed by atoms with Crippen molar-refractivity contribution in [1.82, 2.24) is 0 Å². The van der Waals surface area contributed by atoms with Crippen LogP contribution in [0.2, 0.25) is 0 Å². The molecule has 21 heavy (non-hydrogen) atoms. The van der Waals surface area contributed by atoms with Crippen molar-refractivity contribution in [3.8, 4) is 11.5 Å². The van der Waals surface area contributed by atoms with Crippen molar-refractivity contribution < 1.29 is 10.2 Å². The second-order valence-electron chi connectivity index (χ2n) is 4.56. The summed E-state index contributed by atoms with van der Waals surface area (Å²) in [7, 11) is 0. The zero-order chi connectivity index (χ0) is 15.1. The first-order valence-electron chi connectivity index (χ1n) is 6.83. The fourth-order valence-corrected chi connectivity index (χ4v) is 1.78. The van der Waals surface area contributed by atoms with Crippen LogP contribution < -0.4 is 0 Å². The van der Waals surface area contributed by atoms with Gasteiger partial charge in [-0.3, -0.25) is 9.98 Å². The number of rotatable bonds is 5. The van der Waals surface area contributed by atoms with Gasteiger partial charge in [0, 0.05) is 23.6 Å². The van der Waals surface area contributed by atoms with Crippen molar-refractivity contribution >= 4 is 12.4 Å². The molecular weight excluding hydrogens is 264 g/mol. The van der Waals surface area contributed by atoms with Gasteiger partial charge in [0.25, 0.3) is 0 Å². The number of aliphatic imine (C=N–C) groups is 2. The fourth-order valence-electron chi connectivity index (χ4n) is 1.78. The van der Waals surface area contributed by atoms with Crippen LogP contribution in [0.3, 0.4) is 0 Å². The molecule has 4 nitrogen and oxygen atoms in total. The number of phenolic OH excluding ortho intramolecular Hbond substituents is 2. The largest absolute Gasteiger partial charge is 0.507 e. The molecule has 0 bridgehead atoms. The van der Waals surface area contributed by atoms with E-state index < -0.39 is 0 Å². The number of hydrogen-bond acceptors (Lipinski definition) is 4. The lowest BCUT2D eigenvalue weighted by Gasteiger charge is -2.04. The second-order valence-corrected chi connectivity index (χ2v) is 4.56. The van der Waals surface area contributed by atoms with Gasteiger partial charge in [0.05, 0.1) is 0 Å². The van der Waals surface area contributed by atoms with Gasteiger partial charge in [-0.15, -0.1) is 0 Å². The highest BCUT2D eigenvalue weighted by Gasteiger charge is 2.01. The molecule has 4 heteroatoms. The van der Waals surface area contributed by atoms with Crippen LogP contribution >= 0.6 is 0 Å². The highest BCUT2D eigenvalue weighted by molar-refractivity contribution is 5.84. The van der Waals surface area contributed by atoms with Crippen molar-refractivity contribution in [2.24, 2.45) is 9.98 Å². The highest BCUT2D eigenvalue weighted by Crippen LogP contribution is 2.15. The molecule has 0 aliphatic heterocycles. The molecule has 0 heterocycles. The lowest BCUT2D eigenvalue weighted by Crippen LogP contribution is -2.00. The summed E-state index contributed by atoms with van der Waals surface area (Å²) >= 11 is 0. The van der Waals surface area contributed by atoms with Crippen LogP contribution in [0.1, 0.15) is 24.5 Å². The van der Waals surface area contributed by atoms with Gasteiger partial charge >= 0.3 is 0 Å². The predicted molar refractivity (Wildman–Crippen MR) is 85.5 cm³/mol. The van der Waals surface area contributed by atoms with E-state index in [2.05, 4.69) is 9.98 Å². The normalized spacial score (nSPS) is 13.0. The van der Waals surface area contributed by atoms with Crippen molar-refractivity contribution in [3.05, 3.63) is 59.7 Å². The zero-order valence-electron chi connectivity index (χ0n) is 11.8. The Morgan fingerprint density at radius 1 is 0.857 bits per heavy atom. The van der Waals surface area contributed by atoms with Crippen LogP contribution in [-0.2, 0) is 0 Å². The van der Waals surface area contributed by atoms with E-state index in [0.717, 1.165) is 6.42 Å². The number of aromatic hydroxyl groups is 2. The van der Waals surface area contributed by atoms with E-state index in [0.29, 0.717) is 11.1 Å². The quantitative estimate of drug-likeness (QED) is 0.826. The smallest absolute Gasteiger partial charge is 0.139 e. The molecule has 0 spiro atoms. The molecule has 2 aromatic rings. The molecule has 108 valence electrons. The topological polar surface area (TPSA) is 65.2 Å². The van der Waals surface area contributed by atoms with E-state index in [1.54, 1.807) is 48.8 Å². The Morgan fingerprint density at radius 2 is 1.29 bits per heavy atom. The van der Waals surface area contributed by atoms with Crippen molar-refractivity contribution in [3.63, 3.8) is 0 Å². The lowest BCUT2D eigenvalue weighted by atomic mass is 10.2. The summed E-state index contributed by atoms with van der Waals surface area (Å²) in [4.78, 5) is 8.71. The molecule has 0 aliphatic carbocycles. The zero-order valence-corrected chi connectivity index (χ0v) is 11.8. The standard InChI is InChI=1S/C17H18N2O2/c1-2-17(18-11-13-7-3-5-9-15(13)20)19-12-14-8-4-6-10-16(14)21/h3-12,17,20-21H,2H2,1H3/b18-11-,19-12+. The van der Waals surface area contributed by atoms with Gasteiger partial charge in [-0.1, -0.05) is 31.2 Å². The van der Waals surface area contributed by atoms with Crippen molar-refractivity contribution in [1.29, 1.82) is 0 Å². The Kier molecular flexibility index (Phi) is 5.10. The van der Waals surface area contributed by atoms with Crippen molar-refractivity contribution in [2.45, 2.75) is 19.5 Å². The van der Waals surface area contributed by atoms with E-state index in [1.165, 1.54) is 0 Å². The molecule has 0 aliphatic rings. The van der Waals surface area contributed by atoms with Gasteiger partial charge in [0.2, 0.25) is 0 Å². The van der Waals surface area contributed by atoms with E-state index in [4.69, 9.17) is 0 Å². The number of phenols is 2. The summed E-state index contributed by atoms with van der Waals surface area (Å²) < 4.78 is 0. The number of benzene rings is 2. The Hall–Kier alpha value is -2.62. The third-order valence-electron chi connectivity index (χ3n) is 3.01. The number of nitrogens with zero attached hydrogens (tertiary/aromatic N) is 2. The molecule has 0 saturated heterocycles. The average Bonchev–Trinajstić information content (AvgIpc) is 2.50. The molecule has 0 fully saturated rings. The fraction of sp³-hybridized carbons (Fsp3) is 0.176. The Bertz CT molecular complexity index is 595. The van der Waals surface area contributed by atoms with Crippen LogP contribution in [-0.4, -0.2) is 28.8 Å². The first-order chi connectivity index (χ1) is 10.2. The molecule has 1 unspecified atom stereocenters. The highest BCUT2D eigenvalue weighted by atomic mass is 16.3. The average molecular weight is 282 g/mol. The van der Waals surface area contributed by atoms with Crippen molar-refractivity contribution in [2.75, 3.05) is 0 Å². The molecule has 2 rings (SSSR count). The maximum atomic E-state index is 9.68. The third-order valence-corrected chi connectivity index (χ3v) is 3.01. The first-order valence-corrected chi connectivity index (χ1v) is 6.83. The Balaban J connectivity index is 2.11. The minimum Gasteiger partial charge on any atom is -0.507 e. The first kappa shape index (κ1) is 14.8. The molecular formula is C17H18N2O2. The van der Waals surface area contributed by atoms with E-state index in [1.807, 2.05) is 19.1 Å². The van der Waals surface area contributed by atoms with Gasteiger partial charge in [0.1, 0.15) is 17.7 Å². The summed E-state index contributed by atoms with van der Waals surface area (Å²) in [6.07, 6.45) is 3.72. The summed E-state index contributed by atoms with van der Waals surface area (Å²) in [6, 6.07) is 14.0. The minimum atomic E-state index is -0.246. The predicted octanol–water partition coefficient (Wildman–Crippen LogP) is 3.37. The monoisotopic (exact) mass is 282 g/mol. The molecule has 1 atom stereocenters. The second kappa shape index (κ2) is 7.24. The van der Waals surface area contributed by atoms with E-state index in [-0.39, 0.29) is 17.7 Å². The lowest BCUT2D eigenvalue weighted by molar-refractivity contribution is 0.474. The molecule has 0 saturated carbocycles. The van der Waals surface area contributed by atoms with Gasteiger partial charge in [-0.25, -0.2) is 0 Å². The summed E-state index contributed by atoms with van der Waals surface area (Å²) in [5, 5.41) is 19.4. The van der Waals surface area contributed by atoms with Gasteiger partial charge in [0.15, 0.2) is 0 Å². The molecule has 0 aromatic heterocycles. The van der Waals surface area contributed by atoms with Crippen LogP contribution in [0.15, 0.2) is 58.5 Å². The Morgan fingerprint density at radius 3 is 1.67 bits per heavy atom. The summed E-state index contributed by atoms with van der Waals surface area (Å²) in [5.74, 6) is 0.390. The molecule has 0 radical (unpaired) electrons. The summed E-state index contributed by atoms with van der Waals surface area (Å²) in [6.45, 7) is 1.98. The number of hydrogen-bond donors (Lipinski definition) is 2. The minimum absolute atomic E-state index is 0.195. The number of para-hydroxylation sites is 2. The molecule has 2 aromatic carbocycles. The maximum Gasteiger partial charge on any atom is 0.139 e. The van der Waals surface area contributed by atoms with Gasteiger partial charge in [-0.2, -0.15) is 0 Å². The molecule has 0 amide bonds. The van der Waals surface area contributed by atoms with Crippen LogP contribution in [0.5, 0.6) is 11.5 Å². The van der Waals surface area contributed by atoms with E-state index >= 15 is 0 Å². The Labute approximate surface area is 124 Å². The SMILES string of the molecule is CCC(/N=C\c1ccccc1O)/N=C/c1ccccc1O. The van der Waals surface area contributed by atoms with Crippen LogP contribution in [0.4, 0.5) is 0 Å². The van der Waals surface area contributed by atoms with Crippen LogP contribution in [0.25, 0.3) is 0 Å². The summed E-state index contributed by atoms with van der Waals surface area (Å²) in [5.41, 5.74) is 1.32. The van der Waals surface area contributed by atoms with Gasteiger partial charge < -0.3 is 10.2 Å². The van der Waals surface area contributed by atoms with E-state index in [9.17, 15) is 10.2 Å².